The molecule has 1 fully saturated rings. The maximum absolute atomic E-state index is 13.2. The standard InChI is InChI=1S/C19H24N4O3/c1-18(2,3)26-17(25)19(11-20)7-4-8-23(19)16(24)13-5-6-14-10-21-12-22-15(14)9-13/h5-6,9-10,12H,4,7-8,11,20H2,1-3H3/t19-/m1/s1. The number of fused-ring (bicyclic) bond motifs is 1. The van der Waals surface area contributed by atoms with Crippen molar-refractivity contribution >= 4 is 22.8 Å². The van der Waals surface area contributed by atoms with Crippen molar-refractivity contribution in [1.82, 2.24) is 14.9 Å². The van der Waals surface area contributed by atoms with Crippen LogP contribution in [-0.2, 0) is 9.53 Å². The molecule has 3 rings (SSSR count). The first-order valence-electron chi connectivity index (χ1n) is 8.72. The van der Waals surface area contributed by atoms with Crippen LogP contribution < -0.4 is 5.73 Å². The molecule has 0 bridgehead atoms. The van der Waals surface area contributed by atoms with Crippen LogP contribution in [0.2, 0.25) is 0 Å². The highest BCUT2D eigenvalue weighted by atomic mass is 16.6. The Kier molecular flexibility index (Phi) is 4.66. The largest absolute Gasteiger partial charge is 0.458 e. The summed E-state index contributed by atoms with van der Waals surface area (Å²) in [4.78, 5) is 35.7. The van der Waals surface area contributed by atoms with Gasteiger partial charge in [0.25, 0.3) is 5.91 Å². The Hall–Kier alpha value is -2.54. The molecule has 1 aliphatic heterocycles. The minimum absolute atomic E-state index is 0.0312. The Morgan fingerprint density at radius 3 is 2.81 bits per heavy atom. The predicted octanol–water partition coefficient (Wildman–Crippen LogP) is 1.90. The number of esters is 1. The van der Waals surface area contributed by atoms with Crippen LogP contribution in [0, 0.1) is 0 Å². The Balaban J connectivity index is 1.94. The summed E-state index contributed by atoms with van der Waals surface area (Å²) in [5, 5.41) is 0.850. The molecule has 0 spiro atoms. The minimum Gasteiger partial charge on any atom is -0.458 e. The minimum atomic E-state index is -1.12. The smallest absolute Gasteiger partial charge is 0.333 e. The van der Waals surface area contributed by atoms with E-state index in [4.69, 9.17) is 10.5 Å². The fourth-order valence-corrected chi connectivity index (χ4v) is 3.32. The maximum atomic E-state index is 13.2. The average Bonchev–Trinajstić information content (AvgIpc) is 3.04. The summed E-state index contributed by atoms with van der Waals surface area (Å²) in [6.07, 6.45) is 4.34. The highest BCUT2D eigenvalue weighted by molar-refractivity contribution is 6.01. The van der Waals surface area contributed by atoms with Gasteiger partial charge in [0, 0.05) is 30.2 Å². The maximum Gasteiger partial charge on any atom is 0.333 e. The van der Waals surface area contributed by atoms with Gasteiger partial charge in [-0.25, -0.2) is 14.8 Å². The number of benzene rings is 1. The molecule has 1 aromatic carbocycles. The highest BCUT2D eigenvalue weighted by Crippen LogP contribution is 2.33. The highest BCUT2D eigenvalue weighted by Gasteiger charge is 2.51. The number of hydrogen-bond donors (Lipinski definition) is 1. The SMILES string of the molecule is CC(C)(C)OC(=O)[C@]1(CN)CCCN1C(=O)c1ccc2cncnc2c1. The van der Waals surface area contributed by atoms with Crippen LogP contribution in [0.3, 0.4) is 0 Å². The lowest BCUT2D eigenvalue weighted by molar-refractivity contribution is -0.166. The van der Waals surface area contributed by atoms with E-state index < -0.39 is 17.1 Å². The molecule has 0 saturated carbocycles. The summed E-state index contributed by atoms with van der Waals surface area (Å²) in [7, 11) is 0. The number of amides is 1. The zero-order valence-corrected chi connectivity index (χ0v) is 15.4. The predicted molar refractivity (Wildman–Crippen MR) is 97.4 cm³/mol. The lowest BCUT2D eigenvalue weighted by Crippen LogP contribution is -2.59. The number of nitrogens with zero attached hydrogens (tertiary/aromatic N) is 3. The number of ether oxygens (including phenoxy) is 1. The number of carbonyl (C=O) groups is 2. The van der Waals surface area contributed by atoms with Gasteiger partial charge in [-0.2, -0.15) is 0 Å². The van der Waals surface area contributed by atoms with Crippen molar-refractivity contribution in [3.63, 3.8) is 0 Å². The summed E-state index contributed by atoms with van der Waals surface area (Å²) in [5.41, 5.74) is 5.36. The van der Waals surface area contributed by atoms with Gasteiger partial charge in [-0.1, -0.05) is 6.07 Å². The second-order valence-electron chi connectivity index (χ2n) is 7.59. The van der Waals surface area contributed by atoms with Crippen LogP contribution in [0.1, 0.15) is 44.0 Å². The topological polar surface area (TPSA) is 98.4 Å². The van der Waals surface area contributed by atoms with Crippen molar-refractivity contribution in [2.45, 2.75) is 44.8 Å². The molecule has 0 unspecified atom stereocenters. The van der Waals surface area contributed by atoms with Crippen molar-refractivity contribution in [1.29, 1.82) is 0 Å². The third kappa shape index (κ3) is 3.26. The molecule has 1 aliphatic rings. The van der Waals surface area contributed by atoms with Crippen LogP contribution in [0.4, 0.5) is 0 Å². The Labute approximate surface area is 152 Å². The van der Waals surface area contributed by atoms with Crippen LogP contribution in [-0.4, -0.2) is 51.0 Å². The van der Waals surface area contributed by atoms with Gasteiger partial charge in [0.05, 0.1) is 5.52 Å². The molecule has 7 heteroatoms. The third-order valence-electron chi connectivity index (χ3n) is 4.60. The molecule has 1 aromatic heterocycles. The fraction of sp³-hybridized carbons (Fsp3) is 0.474. The number of nitrogens with two attached hydrogens (primary N) is 1. The molecule has 7 nitrogen and oxygen atoms in total. The van der Waals surface area contributed by atoms with E-state index in [2.05, 4.69) is 9.97 Å². The molecule has 1 atom stereocenters. The van der Waals surface area contributed by atoms with E-state index in [1.54, 1.807) is 50.1 Å². The third-order valence-corrected chi connectivity index (χ3v) is 4.60. The fourth-order valence-electron chi connectivity index (χ4n) is 3.32. The van der Waals surface area contributed by atoms with Crippen molar-refractivity contribution in [2.24, 2.45) is 5.73 Å². The summed E-state index contributed by atoms with van der Waals surface area (Å²) < 4.78 is 5.57. The van der Waals surface area contributed by atoms with Crippen molar-refractivity contribution in [3.8, 4) is 0 Å². The van der Waals surface area contributed by atoms with Crippen LogP contribution >= 0.6 is 0 Å². The van der Waals surface area contributed by atoms with Crippen molar-refractivity contribution in [3.05, 3.63) is 36.3 Å². The van der Waals surface area contributed by atoms with Gasteiger partial charge in [0.2, 0.25) is 0 Å². The first kappa shape index (κ1) is 18.3. The molecule has 1 amide bonds. The van der Waals surface area contributed by atoms with Gasteiger partial charge < -0.3 is 15.4 Å². The number of likely N-dealkylation sites (tertiary alicyclic amines) is 1. The van der Waals surface area contributed by atoms with E-state index in [1.807, 2.05) is 0 Å². The molecule has 26 heavy (non-hydrogen) atoms. The van der Waals surface area contributed by atoms with Crippen LogP contribution in [0.5, 0.6) is 0 Å². The molecule has 0 radical (unpaired) electrons. The second-order valence-corrected chi connectivity index (χ2v) is 7.59. The lowest BCUT2D eigenvalue weighted by atomic mass is 9.95. The van der Waals surface area contributed by atoms with Crippen LogP contribution in [0.25, 0.3) is 10.9 Å². The molecular formula is C19H24N4O3. The molecule has 1 saturated heterocycles. The summed E-state index contributed by atoms with van der Waals surface area (Å²) in [6.45, 7) is 5.91. The second kappa shape index (κ2) is 6.64. The monoisotopic (exact) mass is 356 g/mol. The lowest BCUT2D eigenvalue weighted by Gasteiger charge is -2.37. The molecule has 2 N–H and O–H groups in total. The zero-order chi connectivity index (χ0) is 18.9. The van der Waals surface area contributed by atoms with Crippen molar-refractivity contribution < 1.29 is 14.3 Å². The zero-order valence-electron chi connectivity index (χ0n) is 15.4. The first-order valence-corrected chi connectivity index (χ1v) is 8.72. The van der Waals surface area contributed by atoms with Crippen molar-refractivity contribution in [2.75, 3.05) is 13.1 Å². The average molecular weight is 356 g/mol. The van der Waals surface area contributed by atoms with E-state index >= 15 is 0 Å². The van der Waals surface area contributed by atoms with E-state index in [0.29, 0.717) is 30.5 Å². The number of rotatable bonds is 3. The van der Waals surface area contributed by atoms with Gasteiger partial charge in [-0.05, 0) is 45.7 Å². The molecule has 0 aliphatic carbocycles. The molecular weight excluding hydrogens is 332 g/mol. The summed E-state index contributed by atoms with van der Waals surface area (Å²) in [6, 6.07) is 5.24. The normalized spacial score (nSPS) is 20.4. The molecule has 2 heterocycles. The number of aromatic nitrogens is 2. The van der Waals surface area contributed by atoms with Gasteiger partial charge >= 0.3 is 5.97 Å². The van der Waals surface area contributed by atoms with Crippen LogP contribution in [0.15, 0.2) is 30.7 Å². The summed E-state index contributed by atoms with van der Waals surface area (Å²) in [5.74, 6) is -0.680. The van der Waals surface area contributed by atoms with E-state index in [1.165, 1.54) is 6.33 Å². The van der Waals surface area contributed by atoms with Gasteiger partial charge in [0.1, 0.15) is 11.9 Å². The summed E-state index contributed by atoms with van der Waals surface area (Å²) >= 11 is 0. The number of carbonyl (C=O) groups excluding carboxylic acids is 2. The first-order chi connectivity index (χ1) is 12.3. The van der Waals surface area contributed by atoms with Gasteiger partial charge in [-0.15, -0.1) is 0 Å². The van der Waals surface area contributed by atoms with Gasteiger partial charge in [0.15, 0.2) is 5.54 Å². The Bertz CT molecular complexity index is 846. The Morgan fingerprint density at radius 2 is 2.12 bits per heavy atom. The number of hydrogen-bond acceptors (Lipinski definition) is 6. The van der Waals surface area contributed by atoms with Gasteiger partial charge in [-0.3, -0.25) is 4.79 Å². The molecule has 138 valence electrons. The Morgan fingerprint density at radius 1 is 1.35 bits per heavy atom. The van der Waals surface area contributed by atoms with E-state index in [-0.39, 0.29) is 12.5 Å². The van der Waals surface area contributed by atoms with E-state index in [9.17, 15) is 9.59 Å². The quantitative estimate of drug-likeness (QED) is 0.844. The molecule has 2 aromatic rings. The van der Waals surface area contributed by atoms with E-state index in [0.717, 1.165) is 5.39 Å².